The molecule has 1 amide bonds. The number of nitrogens with one attached hydrogen (secondary N) is 2. The summed E-state index contributed by atoms with van der Waals surface area (Å²) < 4.78 is 15.7. The van der Waals surface area contributed by atoms with Crippen LogP contribution < -0.4 is 15.5 Å². The highest BCUT2D eigenvalue weighted by Crippen LogP contribution is 2.36. The number of amides is 1. The maximum Gasteiger partial charge on any atom is 0.229 e. The first-order chi connectivity index (χ1) is 24.8. The van der Waals surface area contributed by atoms with Gasteiger partial charge in [-0.05, 0) is 41.7 Å². The fraction of sp³-hybridized carbons (Fsp3) is 0.385. The zero-order valence-corrected chi connectivity index (χ0v) is 28.9. The highest BCUT2D eigenvalue weighted by atomic mass is 19.1. The number of halogens is 1. The molecular formula is C39H45FN8O3. The third kappa shape index (κ3) is 7.44. The number of carbonyl (C=O) groups is 1. The van der Waals surface area contributed by atoms with Crippen molar-refractivity contribution in [3.05, 3.63) is 114 Å². The number of likely N-dealkylation sites (tertiary alicyclic amines) is 1. The van der Waals surface area contributed by atoms with Crippen LogP contribution in [-0.2, 0) is 11.3 Å². The quantitative estimate of drug-likeness (QED) is 0.150. The number of nitrogens with zero attached hydrogens (tertiary/aromatic N) is 6. The predicted octanol–water partition coefficient (Wildman–Crippen LogP) is 4.48. The Hall–Kier alpha value is -4.91. The van der Waals surface area contributed by atoms with Gasteiger partial charge in [0, 0.05) is 51.6 Å². The number of aromatic nitrogens is 4. The van der Waals surface area contributed by atoms with E-state index in [4.69, 9.17) is 15.0 Å². The lowest BCUT2D eigenvalue weighted by Crippen LogP contribution is -2.42. The second kappa shape index (κ2) is 15.1. The van der Waals surface area contributed by atoms with E-state index in [0.29, 0.717) is 35.9 Å². The fourth-order valence-corrected chi connectivity index (χ4v) is 7.45. The number of rotatable bonds is 12. The van der Waals surface area contributed by atoms with Crippen LogP contribution in [0.1, 0.15) is 54.8 Å². The zero-order valence-electron chi connectivity index (χ0n) is 28.9. The van der Waals surface area contributed by atoms with Crippen molar-refractivity contribution >= 4 is 28.8 Å². The molecule has 266 valence electrons. The van der Waals surface area contributed by atoms with Gasteiger partial charge in [-0.25, -0.2) is 9.37 Å². The molecule has 1 aliphatic heterocycles. The van der Waals surface area contributed by atoms with E-state index in [0.717, 1.165) is 37.2 Å². The van der Waals surface area contributed by atoms with Crippen molar-refractivity contribution < 1.29 is 19.4 Å². The van der Waals surface area contributed by atoms with Crippen LogP contribution in [-0.4, -0.2) is 91.5 Å². The Bertz CT molecular complexity index is 1930. The molecule has 1 aliphatic carbocycles. The minimum Gasteiger partial charge on any atom is -0.388 e. The largest absolute Gasteiger partial charge is 0.388 e. The first kappa shape index (κ1) is 34.5. The summed E-state index contributed by atoms with van der Waals surface area (Å²) in [6.07, 6.45) is 0.891. The summed E-state index contributed by atoms with van der Waals surface area (Å²) in [4.78, 5) is 31.6. The zero-order chi connectivity index (χ0) is 35.5. The van der Waals surface area contributed by atoms with Gasteiger partial charge in [-0.2, -0.15) is 9.97 Å². The predicted molar refractivity (Wildman–Crippen MR) is 195 cm³/mol. The van der Waals surface area contributed by atoms with Crippen LogP contribution >= 0.6 is 0 Å². The number of benzene rings is 3. The van der Waals surface area contributed by atoms with Crippen LogP contribution in [0.3, 0.4) is 0 Å². The average molecular weight is 693 g/mol. The van der Waals surface area contributed by atoms with E-state index in [1.165, 1.54) is 17.7 Å². The van der Waals surface area contributed by atoms with Crippen molar-refractivity contribution in [2.75, 3.05) is 36.9 Å². The van der Waals surface area contributed by atoms with Gasteiger partial charge in [0.15, 0.2) is 17.0 Å². The Morgan fingerprint density at radius 2 is 1.69 bits per heavy atom. The number of hydrogen-bond acceptors (Lipinski definition) is 9. The second-order valence-corrected chi connectivity index (χ2v) is 13.7. The van der Waals surface area contributed by atoms with Crippen LogP contribution in [0, 0.1) is 5.82 Å². The van der Waals surface area contributed by atoms with Gasteiger partial charge in [-0.1, -0.05) is 79.7 Å². The third-order valence-corrected chi connectivity index (χ3v) is 10.4. The van der Waals surface area contributed by atoms with Gasteiger partial charge in [0.25, 0.3) is 0 Å². The van der Waals surface area contributed by atoms with Crippen molar-refractivity contribution in [2.45, 2.75) is 69.0 Å². The molecule has 5 aromatic rings. The molecule has 0 radical (unpaired) electrons. The molecule has 1 saturated heterocycles. The Morgan fingerprint density at radius 3 is 2.41 bits per heavy atom. The number of anilines is 2. The minimum atomic E-state index is -1.14. The van der Waals surface area contributed by atoms with Gasteiger partial charge in [-0.3, -0.25) is 9.69 Å². The highest BCUT2D eigenvalue weighted by molar-refractivity contribution is 5.84. The molecule has 4 N–H and O–H groups in total. The summed E-state index contributed by atoms with van der Waals surface area (Å²) in [6, 6.07) is 26.1. The fourth-order valence-electron chi connectivity index (χ4n) is 7.45. The van der Waals surface area contributed by atoms with Crippen molar-refractivity contribution in [1.82, 2.24) is 29.7 Å². The van der Waals surface area contributed by atoms with E-state index in [-0.39, 0.29) is 30.1 Å². The summed E-state index contributed by atoms with van der Waals surface area (Å²) in [5, 5.41) is 28.5. The standard InChI is InChI=1S/C39H45FN8O3/c1-3-33(49)43-31-20-32(36(51)35(31)50)48-24-42-34-37(41-21-30(26-12-8-5-9-13-26)27-14-16-28(40)17-15-27)44-39(45-38(34)48)46(2)29-18-19-47(23-29)22-25-10-6-4-7-11-25/h4-17,24,29-32,35-36,50-51H,3,18-23H2,1-2H3,(H,43,49)(H,41,44,45)/t29-,30?,31-,32+,35+,36-/m0/s1. The van der Waals surface area contributed by atoms with E-state index in [1.807, 2.05) is 31.3 Å². The molecule has 7 rings (SSSR count). The SMILES string of the molecule is CCC(=O)N[C@H]1C[C@@H](n2cnc3c(NCC(c4ccccc4)c4ccc(F)cc4)nc(N(C)[C@H]4CCN(Cc5ccccc5)C4)nc32)[C@H](O)[C@@H]1O. The highest BCUT2D eigenvalue weighted by Gasteiger charge is 2.44. The van der Waals surface area contributed by atoms with Gasteiger partial charge in [0.1, 0.15) is 18.0 Å². The second-order valence-electron chi connectivity index (χ2n) is 13.7. The van der Waals surface area contributed by atoms with Crippen LogP contribution in [0.2, 0.25) is 0 Å². The van der Waals surface area contributed by atoms with E-state index in [1.54, 1.807) is 30.0 Å². The normalized spacial score (nSPS) is 22.6. The van der Waals surface area contributed by atoms with Crippen molar-refractivity contribution in [3.63, 3.8) is 0 Å². The van der Waals surface area contributed by atoms with Crippen LogP contribution in [0.5, 0.6) is 0 Å². The third-order valence-electron chi connectivity index (χ3n) is 10.4. The maximum atomic E-state index is 13.9. The number of aliphatic hydroxyl groups is 2. The maximum absolute atomic E-state index is 13.9. The van der Waals surface area contributed by atoms with Gasteiger partial charge < -0.3 is 30.3 Å². The summed E-state index contributed by atoms with van der Waals surface area (Å²) in [5.74, 6) is 0.453. The van der Waals surface area contributed by atoms with Crippen molar-refractivity contribution in [3.8, 4) is 0 Å². The van der Waals surface area contributed by atoms with Crippen LogP contribution in [0.15, 0.2) is 91.3 Å². The van der Waals surface area contributed by atoms with Gasteiger partial charge in [-0.15, -0.1) is 0 Å². The Balaban J connectivity index is 1.22. The number of fused-ring (bicyclic) bond motifs is 1. The number of imidazole rings is 1. The smallest absolute Gasteiger partial charge is 0.229 e. The Kier molecular flexibility index (Phi) is 10.3. The summed E-state index contributed by atoms with van der Waals surface area (Å²) in [5.41, 5.74) is 4.34. The molecule has 0 spiro atoms. The lowest BCUT2D eigenvalue weighted by atomic mass is 9.91. The van der Waals surface area contributed by atoms with Crippen LogP contribution in [0.4, 0.5) is 16.2 Å². The van der Waals surface area contributed by atoms with E-state index in [2.05, 4.69) is 56.8 Å². The van der Waals surface area contributed by atoms with Crippen LogP contribution in [0.25, 0.3) is 11.2 Å². The first-order valence-electron chi connectivity index (χ1n) is 17.7. The minimum absolute atomic E-state index is 0.115. The number of likely N-dealkylation sites (N-methyl/N-ethyl adjacent to an activating group) is 1. The summed E-state index contributed by atoms with van der Waals surface area (Å²) in [6.45, 7) is 4.86. The summed E-state index contributed by atoms with van der Waals surface area (Å²) in [7, 11) is 2.01. The molecule has 1 unspecified atom stereocenters. The van der Waals surface area contributed by atoms with Gasteiger partial charge in [0.05, 0.1) is 18.4 Å². The van der Waals surface area contributed by atoms with E-state index in [9.17, 15) is 19.4 Å². The van der Waals surface area contributed by atoms with E-state index < -0.39 is 24.3 Å². The molecule has 11 nitrogen and oxygen atoms in total. The number of carbonyl (C=O) groups excluding carboxylic acids is 1. The molecule has 2 aliphatic rings. The van der Waals surface area contributed by atoms with Crippen molar-refractivity contribution in [1.29, 1.82) is 0 Å². The molecule has 51 heavy (non-hydrogen) atoms. The molecule has 6 atom stereocenters. The molecule has 2 aromatic heterocycles. The molecule has 0 bridgehead atoms. The lowest BCUT2D eigenvalue weighted by Gasteiger charge is -2.26. The van der Waals surface area contributed by atoms with Gasteiger partial charge >= 0.3 is 0 Å². The number of aliphatic hydroxyl groups excluding tert-OH is 2. The van der Waals surface area contributed by atoms with E-state index >= 15 is 0 Å². The molecule has 3 heterocycles. The Labute approximate surface area is 297 Å². The monoisotopic (exact) mass is 692 g/mol. The molecule has 1 saturated carbocycles. The molecule has 2 fully saturated rings. The number of hydrogen-bond donors (Lipinski definition) is 4. The molecule has 12 heteroatoms. The van der Waals surface area contributed by atoms with Gasteiger partial charge in [0.2, 0.25) is 11.9 Å². The topological polar surface area (TPSA) is 132 Å². The molecule has 3 aromatic carbocycles. The Morgan fingerprint density at radius 1 is 0.980 bits per heavy atom. The average Bonchev–Trinajstić information content (AvgIpc) is 3.87. The van der Waals surface area contributed by atoms with Crippen molar-refractivity contribution in [2.24, 2.45) is 0 Å². The molecular weight excluding hydrogens is 647 g/mol. The first-order valence-corrected chi connectivity index (χ1v) is 17.7. The summed E-state index contributed by atoms with van der Waals surface area (Å²) >= 11 is 0. The lowest BCUT2D eigenvalue weighted by molar-refractivity contribution is -0.122.